The highest BCUT2D eigenvalue weighted by molar-refractivity contribution is 6.29. The Kier molecular flexibility index (Phi) is 6.56. The van der Waals surface area contributed by atoms with E-state index < -0.39 is 24.0 Å². The predicted octanol–water partition coefficient (Wildman–Crippen LogP) is 3.07. The molecule has 0 saturated carbocycles. The van der Waals surface area contributed by atoms with Crippen molar-refractivity contribution in [2.45, 2.75) is 13.0 Å². The number of ether oxygens (including phenoxy) is 2. The standard InChI is InChI=1S/C21H18ClN3O6/c1-11-18(20(27)28)19(25-21(29)24-11)13-4-5-14(15(10-13)30-2)31-17(26)6-3-12-7-8-23-16(22)9-12/h3-10,19H,1-2H3,(H,27,28)(H2,24,25,29). The lowest BCUT2D eigenvalue weighted by Gasteiger charge is -2.27. The number of nitrogens with zero attached hydrogens (tertiary/aromatic N) is 1. The molecular weight excluding hydrogens is 426 g/mol. The molecule has 0 bridgehead atoms. The number of carbonyl (C=O) groups is 3. The van der Waals surface area contributed by atoms with E-state index >= 15 is 0 Å². The van der Waals surface area contributed by atoms with Gasteiger partial charge in [0.1, 0.15) is 5.15 Å². The first-order valence-corrected chi connectivity index (χ1v) is 9.37. The molecule has 31 heavy (non-hydrogen) atoms. The normalized spacial score (nSPS) is 16.0. The zero-order chi connectivity index (χ0) is 22.5. The predicted molar refractivity (Wildman–Crippen MR) is 112 cm³/mol. The van der Waals surface area contributed by atoms with Crippen molar-refractivity contribution < 1.29 is 29.0 Å². The molecule has 2 amide bonds. The molecule has 1 aromatic carbocycles. The van der Waals surface area contributed by atoms with Crippen LogP contribution in [0.25, 0.3) is 6.08 Å². The quantitative estimate of drug-likeness (QED) is 0.271. The van der Waals surface area contributed by atoms with Gasteiger partial charge in [-0.3, -0.25) is 0 Å². The average molecular weight is 444 g/mol. The summed E-state index contributed by atoms with van der Waals surface area (Å²) in [5.41, 5.74) is 1.34. The molecule has 2 aromatic rings. The van der Waals surface area contributed by atoms with Gasteiger partial charge in [0.2, 0.25) is 0 Å². The van der Waals surface area contributed by atoms with E-state index in [1.165, 1.54) is 44.5 Å². The second-order valence-electron chi connectivity index (χ2n) is 6.45. The lowest BCUT2D eigenvalue weighted by atomic mass is 9.95. The number of rotatable bonds is 6. The molecule has 0 radical (unpaired) electrons. The van der Waals surface area contributed by atoms with E-state index in [0.717, 1.165) is 0 Å². The van der Waals surface area contributed by atoms with Crippen LogP contribution in [0.4, 0.5) is 4.79 Å². The van der Waals surface area contributed by atoms with Crippen molar-refractivity contribution in [3.63, 3.8) is 0 Å². The molecule has 160 valence electrons. The molecule has 0 saturated heterocycles. The zero-order valence-corrected chi connectivity index (χ0v) is 17.3. The number of carbonyl (C=O) groups excluding carboxylic acids is 2. The Hall–Kier alpha value is -3.85. The number of hydrogen-bond acceptors (Lipinski definition) is 6. The Bertz CT molecular complexity index is 1110. The third-order valence-electron chi connectivity index (χ3n) is 4.39. The fraction of sp³-hybridized carbons (Fsp3) is 0.143. The van der Waals surface area contributed by atoms with Crippen molar-refractivity contribution in [1.29, 1.82) is 0 Å². The van der Waals surface area contributed by atoms with Crippen LogP contribution in [-0.4, -0.2) is 35.2 Å². The van der Waals surface area contributed by atoms with Crippen molar-refractivity contribution >= 4 is 35.6 Å². The summed E-state index contributed by atoms with van der Waals surface area (Å²) < 4.78 is 10.6. The molecule has 3 rings (SSSR count). The monoisotopic (exact) mass is 443 g/mol. The molecule has 10 heteroatoms. The molecule has 0 aliphatic carbocycles. The van der Waals surface area contributed by atoms with Gasteiger partial charge in [-0.1, -0.05) is 17.7 Å². The van der Waals surface area contributed by atoms with Crippen LogP contribution in [0.3, 0.4) is 0 Å². The van der Waals surface area contributed by atoms with Gasteiger partial charge in [0, 0.05) is 18.0 Å². The van der Waals surface area contributed by atoms with E-state index in [4.69, 9.17) is 21.1 Å². The number of halogens is 1. The lowest BCUT2D eigenvalue weighted by molar-refractivity contribution is -0.133. The van der Waals surface area contributed by atoms with Crippen LogP contribution in [0.2, 0.25) is 5.15 Å². The first-order valence-electron chi connectivity index (χ1n) is 8.99. The van der Waals surface area contributed by atoms with Gasteiger partial charge in [0.05, 0.1) is 18.7 Å². The topological polar surface area (TPSA) is 127 Å². The number of urea groups is 1. The molecule has 1 aliphatic rings. The van der Waals surface area contributed by atoms with Gasteiger partial charge in [0.25, 0.3) is 0 Å². The van der Waals surface area contributed by atoms with Gasteiger partial charge in [0.15, 0.2) is 11.5 Å². The van der Waals surface area contributed by atoms with Crippen molar-refractivity contribution in [2.24, 2.45) is 0 Å². The number of hydrogen-bond donors (Lipinski definition) is 3. The molecular formula is C21H18ClN3O6. The van der Waals surface area contributed by atoms with Gasteiger partial charge in [-0.05, 0) is 48.4 Å². The molecule has 2 heterocycles. The zero-order valence-electron chi connectivity index (χ0n) is 16.5. The number of esters is 1. The highest BCUT2D eigenvalue weighted by Gasteiger charge is 2.31. The number of allylic oxidation sites excluding steroid dienone is 1. The average Bonchev–Trinajstić information content (AvgIpc) is 2.71. The van der Waals surface area contributed by atoms with Crippen molar-refractivity contribution in [3.05, 3.63) is 70.2 Å². The molecule has 0 fully saturated rings. The van der Waals surface area contributed by atoms with E-state index in [1.807, 2.05) is 0 Å². The second kappa shape index (κ2) is 9.31. The fourth-order valence-electron chi connectivity index (χ4n) is 3.00. The van der Waals surface area contributed by atoms with Crippen LogP contribution in [0, 0.1) is 0 Å². The van der Waals surface area contributed by atoms with Crippen molar-refractivity contribution in [2.75, 3.05) is 7.11 Å². The molecule has 3 N–H and O–H groups in total. The van der Waals surface area contributed by atoms with E-state index in [-0.39, 0.29) is 22.8 Å². The Morgan fingerprint density at radius 2 is 2.00 bits per heavy atom. The summed E-state index contributed by atoms with van der Waals surface area (Å²) in [6.45, 7) is 1.50. The highest BCUT2D eigenvalue weighted by atomic mass is 35.5. The third-order valence-corrected chi connectivity index (χ3v) is 4.60. The lowest BCUT2D eigenvalue weighted by Crippen LogP contribution is -2.45. The van der Waals surface area contributed by atoms with Crippen molar-refractivity contribution in [3.8, 4) is 11.5 Å². The SMILES string of the molecule is COc1cc(C2NC(=O)NC(C)=C2C(=O)O)ccc1OC(=O)C=Cc1ccnc(Cl)c1. The van der Waals surface area contributed by atoms with Crippen LogP contribution in [-0.2, 0) is 9.59 Å². The van der Waals surface area contributed by atoms with Crippen molar-refractivity contribution in [1.82, 2.24) is 15.6 Å². The molecule has 1 unspecified atom stereocenters. The minimum absolute atomic E-state index is 0.00894. The third kappa shape index (κ3) is 5.20. The summed E-state index contributed by atoms with van der Waals surface area (Å²) in [5.74, 6) is -1.50. The minimum Gasteiger partial charge on any atom is -0.493 e. The number of nitrogens with one attached hydrogen (secondary N) is 2. The maximum absolute atomic E-state index is 12.2. The first kappa shape index (κ1) is 21.8. The van der Waals surface area contributed by atoms with Crippen LogP contribution in [0.15, 0.2) is 53.9 Å². The minimum atomic E-state index is -1.18. The van der Waals surface area contributed by atoms with Gasteiger partial charge in [-0.15, -0.1) is 0 Å². The Balaban J connectivity index is 1.83. The summed E-state index contributed by atoms with van der Waals surface area (Å²) >= 11 is 5.81. The molecule has 1 atom stereocenters. The smallest absolute Gasteiger partial charge is 0.336 e. The maximum atomic E-state index is 12.2. The summed E-state index contributed by atoms with van der Waals surface area (Å²) in [7, 11) is 1.38. The summed E-state index contributed by atoms with van der Waals surface area (Å²) in [6.07, 6.45) is 4.25. The first-order chi connectivity index (χ1) is 14.8. The van der Waals surface area contributed by atoms with Gasteiger partial charge < -0.3 is 25.2 Å². The summed E-state index contributed by atoms with van der Waals surface area (Å²) in [5, 5.41) is 14.8. The van der Waals surface area contributed by atoms with Crippen LogP contribution in [0.5, 0.6) is 11.5 Å². The maximum Gasteiger partial charge on any atom is 0.336 e. The van der Waals surface area contributed by atoms with Crippen LogP contribution < -0.4 is 20.1 Å². The van der Waals surface area contributed by atoms with Gasteiger partial charge in [-0.25, -0.2) is 19.4 Å². The molecule has 9 nitrogen and oxygen atoms in total. The molecule has 1 aromatic heterocycles. The summed E-state index contributed by atoms with van der Waals surface area (Å²) in [4.78, 5) is 39.5. The van der Waals surface area contributed by atoms with Crippen LogP contribution >= 0.6 is 11.6 Å². The van der Waals surface area contributed by atoms with E-state index in [1.54, 1.807) is 18.2 Å². The molecule has 1 aliphatic heterocycles. The number of carboxylic acids is 1. The number of aliphatic carboxylic acids is 1. The second-order valence-corrected chi connectivity index (χ2v) is 6.84. The fourth-order valence-corrected chi connectivity index (χ4v) is 3.19. The number of benzene rings is 1. The van der Waals surface area contributed by atoms with Crippen LogP contribution in [0.1, 0.15) is 24.1 Å². The number of carboxylic acid groups (broad SMARTS) is 1. The summed E-state index contributed by atoms with van der Waals surface area (Å²) in [6, 6.07) is 6.35. The Labute approximate surface area is 182 Å². The Morgan fingerprint density at radius 3 is 2.68 bits per heavy atom. The number of amides is 2. The van der Waals surface area contributed by atoms with Gasteiger partial charge >= 0.3 is 18.0 Å². The Morgan fingerprint density at radius 1 is 1.23 bits per heavy atom. The largest absolute Gasteiger partial charge is 0.493 e. The van der Waals surface area contributed by atoms with E-state index in [2.05, 4.69) is 15.6 Å². The van der Waals surface area contributed by atoms with Gasteiger partial charge in [-0.2, -0.15) is 0 Å². The molecule has 0 spiro atoms. The van der Waals surface area contributed by atoms with E-state index in [9.17, 15) is 19.5 Å². The number of pyridine rings is 1. The number of aromatic nitrogens is 1. The van der Waals surface area contributed by atoms with E-state index in [0.29, 0.717) is 16.3 Å². The number of methoxy groups -OCH3 is 1. The highest BCUT2D eigenvalue weighted by Crippen LogP contribution is 2.34.